The molecule has 0 heterocycles. The number of benzene rings is 2. The van der Waals surface area contributed by atoms with Gasteiger partial charge in [-0.2, -0.15) is 0 Å². The molecule has 0 amide bonds. The number of nitrogens with two attached hydrogens (primary N) is 1. The Kier molecular flexibility index (Phi) is 4.38. The third-order valence-corrected chi connectivity index (χ3v) is 3.55. The van der Waals surface area contributed by atoms with Gasteiger partial charge in [-0.1, -0.05) is 50.1 Å². The summed E-state index contributed by atoms with van der Waals surface area (Å²) in [5.41, 5.74) is 8.73. The standard InChI is InChI=1S/C17H23N/c1-3-4-5-8-14-11-16(13(2)18)12-15-9-6-7-10-17(14)15/h6-7,9-13H,3-5,8,18H2,1-2H3. The lowest BCUT2D eigenvalue weighted by Crippen LogP contribution is -2.05. The molecule has 0 saturated heterocycles. The van der Waals surface area contributed by atoms with Crippen molar-refractivity contribution in [3.05, 3.63) is 47.5 Å². The summed E-state index contributed by atoms with van der Waals surface area (Å²) in [6.07, 6.45) is 5.00. The highest BCUT2D eigenvalue weighted by Gasteiger charge is 2.06. The molecule has 0 radical (unpaired) electrons. The van der Waals surface area contributed by atoms with Crippen LogP contribution in [-0.2, 0) is 6.42 Å². The fourth-order valence-electron chi connectivity index (χ4n) is 2.45. The quantitative estimate of drug-likeness (QED) is 0.761. The molecule has 0 aliphatic carbocycles. The highest BCUT2D eigenvalue weighted by molar-refractivity contribution is 5.86. The number of hydrogen-bond acceptors (Lipinski definition) is 1. The van der Waals surface area contributed by atoms with Crippen LogP contribution in [0.25, 0.3) is 10.8 Å². The van der Waals surface area contributed by atoms with E-state index in [4.69, 9.17) is 5.73 Å². The summed E-state index contributed by atoms with van der Waals surface area (Å²) in [4.78, 5) is 0. The number of fused-ring (bicyclic) bond motifs is 1. The molecule has 0 aliphatic rings. The van der Waals surface area contributed by atoms with E-state index in [1.807, 2.05) is 0 Å². The predicted molar refractivity (Wildman–Crippen MR) is 79.8 cm³/mol. The maximum Gasteiger partial charge on any atom is 0.0266 e. The highest BCUT2D eigenvalue weighted by Crippen LogP contribution is 2.25. The molecule has 0 fully saturated rings. The van der Waals surface area contributed by atoms with Gasteiger partial charge in [0.15, 0.2) is 0 Å². The first-order valence-corrected chi connectivity index (χ1v) is 6.99. The zero-order chi connectivity index (χ0) is 13.0. The van der Waals surface area contributed by atoms with Crippen molar-refractivity contribution in [3.8, 4) is 0 Å². The van der Waals surface area contributed by atoms with Crippen molar-refractivity contribution in [1.29, 1.82) is 0 Å². The SMILES string of the molecule is CCCCCc1cc(C(C)N)cc2ccccc12. The Labute approximate surface area is 110 Å². The lowest BCUT2D eigenvalue weighted by molar-refractivity contribution is 0.718. The van der Waals surface area contributed by atoms with E-state index in [1.165, 1.54) is 41.2 Å². The van der Waals surface area contributed by atoms with Gasteiger partial charge < -0.3 is 5.73 Å². The van der Waals surface area contributed by atoms with Crippen LogP contribution < -0.4 is 5.73 Å². The fourth-order valence-corrected chi connectivity index (χ4v) is 2.45. The lowest BCUT2D eigenvalue weighted by Gasteiger charge is -2.12. The van der Waals surface area contributed by atoms with Crippen LogP contribution in [0.3, 0.4) is 0 Å². The Morgan fingerprint density at radius 3 is 2.61 bits per heavy atom. The molecule has 0 aromatic heterocycles. The van der Waals surface area contributed by atoms with Crippen LogP contribution >= 0.6 is 0 Å². The first-order chi connectivity index (χ1) is 8.72. The minimum atomic E-state index is 0.111. The van der Waals surface area contributed by atoms with E-state index in [0.717, 1.165) is 6.42 Å². The van der Waals surface area contributed by atoms with Crippen molar-refractivity contribution in [2.24, 2.45) is 5.73 Å². The van der Waals surface area contributed by atoms with Crippen molar-refractivity contribution < 1.29 is 0 Å². The van der Waals surface area contributed by atoms with Gasteiger partial charge in [-0.05, 0) is 47.7 Å². The van der Waals surface area contributed by atoms with Crippen LogP contribution in [0.4, 0.5) is 0 Å². The summed E-state index contributed by atoms with van der Waals surface area (Å²) in [6.45, 7) is 4.30. The minimum Gasteiger partial charge on any atom is -0.324 e. The first kappa shape index (κ1) is 13.1. The average Bonchev–Trinajstić information content (AvgIpc) is 2.38. The van der Waals surface area contributed by atoms with E-state index in [9.17, 15) is 0 Å². The second kappa shape index (κ2) is 6.01. The molecule has 1 nitrogen and oxygen atoms in total. The summed E-state index contributed by atoms with van der Waals surface area (Å²) < 4.78 is 0. The summed E-state index contributed by atoms with van der Waals surface area (Å²) in [5, 5.41) is 2.71. The van der Waals surface area contributed by atoms with Gasteiger partial charge in [0.2, 0.25) is 0 Å². The van der Waals surface area contributed by atoms with Gasteiger partial charge in [-0.15, -0.1) is 0 Å². The van der Waals surface area contributed by atoms with Gasteiger partial charge in [0, 0.05) is 6.04 Å². The number of aryl methyl sites for hydroxylation is 1. The average molecular weight is 241 g/mol. The topological polar surface area (TPSA) is 26.0 Å². The second-order valence-corrected chi connectivity index (χ2v) is 5.15. The van der Waals surface area contributed by atoms with E-state index in [0.29, 0.717) is 0 Å². The molecule has 2 aromatic rings. The maximum absolute atomic E-state index is 6.03. The van der Waals surface area contributed by atoms with Crippen LogP contribution in [0.5, 0.6) is 0 Å². The predicted octanol–water partition coefficient (Wildman–Crippen LogP) is 4.59. The zero-order valence-corrected chi connectivity index (χ0v) is 11.4. The molecular weight excluding hydrogens is 218 g/mol. The lowest BCUT2D eigenvalue weighted by atomic mass is 9.95. The minimum absolute atomic E-state index is 0.111. The van der Waals surface area contributed by atoms with Crippen molar-refractivity contribution in [2.75, 3.05) is 0 Å². The maximum atomic E-state index is 6.03. The van der Waals surface area contributed by atoms with E-state index in [-0.39, 0.29) is 6.04 Å². The van der Waals surface area contributed by atoms with Gasteiger partial charge in [-0.25, -0.2) is 0 Å². The van der Waals surface area contributed by atoms with Gasteiger partial charge in [0.1, 0.15) is 0 Å². The van der Waals surface area contributed by atoms with E-state index in [1.54, 1.807) is 0 Å². The fraction of sp³-hybridized carbons (Fsp3) is 0.412. The summed E-state index contributed by atoms with van der Waals surface area (Å²) in [6, 6.07) is 13.3. The van der Waals surface area contributed by atoms with Crippen molar-refractivity contribution in [2.45, 2.75) is 45.6 Å². The normalized spacial score (nSPS) is 12.8. The molecule has 2 rings (SSSR count). The molecule has 0 aliphatic heterocycles. The monoisotopic (exact) mass is 241 g/mol. The van der Waals surface area contributed by atoms with Gasteiger partial charge in [0.05, 0.1) is 0 Å². The van der Waals surface area contributed by atoms with Crippen molar-refractivity contribution in [3.63, 3.8) is 0 Å². The third-order valence-electron chi connectivity index (χ3n) is 3.55. The van der Waals surface area contributed by atoms with E-state index < -0.39 is 0 Å². The Morgan fingerprint density at radius 2 is 1.89 bits per heavy atom. The van der Waals surface area contributed by atoms with Crippen LogP contribution in [0.2, 0.25) is 0 Å². The molecule has 0 bridgehead atoms. The first-order valence-electron chi connectivity index (χ1n) is 6.99. The molecule has 0 saturated carbocycles. The van der Waals surface area contributed by atoms with Gasteiger partial charge in [0.25, 0.3) is 0 Å². The molecule has 2 N–H and O–H groups in total. The smallest absolute Gasteiger partial charge is 0.0266 e. The van der Waals surface area contributed by atoms with Gasteiger partial charge in [-0.3, -0.25) is 0 Å². The van der Waals surface area contributed by atoms with Crippen molar-refractivity contribution >= 4 is 10.8 Å². The Hall–Kier alpha value is -1.34. The van der Waals surface area contributed by atoms with Crippen molar-refractivity contribution in [1.82, 2.24) is 0 Å². The summed E-state index contributed by atoms with van der Waals surface area (Å²) in [7, 11) is 0. The van der Waals surface area contributed by atoms with E-state index in [2.05, 4.69) is 50.2 Å². The molecule has 1 atom stereocenters. The largest absolute Gasteiger partial charge is 0.324 e. The Morgan fingerprint density at radius 1 is 1.11 bits per heavy atom. The molecule has 1 heteroatoms. The van der Waals surface area contributed by atoms with Crippen LogP contribution in [0.1, 0.15) is 50.3 Å². The summed E-state index contributed by atoms with van der Waals surface area (Å²) in [5.74, 6) is 0. The van der Waals surface area contributed by atoms with Crippen LogP contribution in [0.15, 0.2) is 36.4 Å². The molecular formula is C17H23N. The second-order valence-electron chi connectivity index (χ2n) is 5.15. The Bertz CT molecular complexity index is 514. The van der Waals surface area contributed by atoms with Crippen LogP contribution in [0, 0.1) is 0 Å². The summed E-state index contributed by atoms with van der Waals surface area (Å²) >= 11 is 0. The number of rotatable bonds is 5. The molecule has 96 valence electrons. The molecule has 18 heavy (non-hydrogen) atoms. The number of hydrogen-bond donors (Lipinski definition) is 1. The van der Waals surface area contributed by atoms with Crippen LogP contribution in [-0.4, -0.2) is 0 Å². The molecule has 1 unspecified atom stereocenters. The zero-order valence-electron chi connectivity index (χ0n) is 11.4. The van der Waals surface area contributed by atoms with Gasteiger partial charge >= 0.3 is 0 Å². The Balaban J connectivity index is 2.40. The highest BCUT2D eigenvalue weighted by atomic mass is 14.6. The molecule has 0 spiro atoms. The molecule has 2 aromatic carbocycles. The third kappa shape index (κ3) is 2.91. The number of unbranched alkanes of at least 4 members (excludes halogenated alkanes) is 2. The van der Waals surface area contributed by atoms with E-state index >= 15 is 0 Å².